The zero-order valence-electron chi connectivity index (χ0n) is 13.9. The van der Waals surface area contributed by atoms with Gasteiger partial charge >= 0.3 is 12.4 Å². The topological polar surface area (TPSA) is 46.0 Å². The first-order valence-electron chi connectivity index (χ1n) is 7.57. The largest absolute Gasteiger partial charge is 0.398 e. The Morgan fingerprint density at radius 2 is 1.46 bits per heavy atom. The molecule has 0 aliphatic heterocycles. The Morgan fingerprint density at radius 1 is 0.893 bits per heavy atom. The minimum Gasteiger partial charge on any atom is -0.384 e. The maximum Gasteiger partial charge on any atom is 0.398 e. The Labute approximate surface area is 169 Å². The number of hydrogen-bond acceptors (Lipinski definition) is 5. The van der Waals surface area contributed by atoms with Crippen LogP contribution in [0.15, 0.2) is 40.6 Å². The van der Waals surface area contributed by atoms with Gasteiger partial charge in [-0.05, 0) is 17.7 Å². The summed E-state index contributed by atoms with van der Waals surface area (Å²) in [4.78, 5) is 7.75. The Morgan fingerprint density at radius 3 is 2.04 bits per heavy atom. The summed E-state index contributed by atoms with van der Waals surface area (Å²) in [6.07, 6.45) is -7.77. The van der Waals surface area contributed by atoms with Gasteiger partial charge in [0.05, 0.1) is 17.4 Å². The molecule has 0 fully saturated rings. The molecule has 12 heteroatoms. The smallest absolute Gasteiger partial charge is 0.384 e. The standard InChI is InChI=1S/C16H13ClF6N2OS2/c17-6-11-9(3-5-25-14(11)28-8-16(21,22)23)12(26)10-2-1-4-24-13(10)27-7-15(18,19)20/h1-5,12,26H,6-8H2. The van der Waals surface area contributed by atoms with Crippen molar-refractivity contribution in [1.82, 2.24) is 9.97 Å². The van der Waals surface area contributed by atoms with E-state index in [2.05, 4.69) is 9.97 Å². The number of hydrogen-bond donors (Lipinski definition) is 1. The molecule has 0 amide bonds. The maximum atomic E-state index is 12.5. The van der Waals surface area contributed by atoms with Crippen LogP contribution in [0.2, 0.25) is 0 Å². The van der Waals surface area contributed by atoms with Crippen LogP contribution >= 0.6 is 35.1 Å². The van der Waals surface area contributed by atoms with Gasteiger partial charge in [-0.1, -0.05) is 29.6 Å². The SMILES string of the molecule is OC(c1cccnc1SCC(F)(F)F)c1ccnc(SCC(F)(F)F)c1CCl. The van der Waals surface area contributed by atoms with E-state index < -0.39 is 30.0 Å². The summed E-state index contributed by atoms with van der Waals surface area (Å²) in [5.74, 6) is -2.62. The summed E-state index contributed by atoms with van der Waals surface area (Å²) < 4.78 is 75.1. The molecule has 0 aromatic carbocycles. The van der Waals surface area contributed by atoms with Crippen molar-refractivity contribution in [3.05, 3.63) is 47.3 Å². The molecule has 2 aromatic heterocycles. The normalized spacial score (nSPS) is 13.6. The number of aliphatic hydroxyl groups is 1. The number of aliphatic hydroxyl groups excluding tert-OH is 1. The zero-order chi connectivity index (χ0) is 20.9. The van der Waals surface area contributed by atoms with Crippen molar-refractivity contribution in [3.8, 4) is 0 Å². The lowest BCUT2D eigenvalue weighted by Gasteiger charge is -2.19. The van der Waals surface area contributed by atoms with Crippen LogP contribution in [0.25, 0.3) is 0 Å². The third-order valence-electron chi connectivity index (χ3n) is 3.32. The number of thioether (sulfide) groups is 2. The fourth-order valence-corrected chi connectivity index (χ4v) is 4.14. The van der Waals surface area contributed by atoms with Crippen LogP contribution < -0.4 is 0 Å². The molecule has 2 heterocycles. The van der Waals surface area contributed by atoms with Crippen molar-refractivity contribution in [3.63, 3.8) is 0 Å². The second-order valence-electron chi connectivity index (χ2n) is 5.43. The molecule has 2 rings (SSSR count). The van der Waals surface area contributed by atoms with Crippen LogP contribution in [0, 0.1) is 0 Å². The molecule has 2 aromatic rings. The molecule has 1 N–H and O–H groups in total. The number of pyridine rings is 2. The highest BCUT2D eigenvalue weighted by atomic mass is 35.5. The minimum atomic E-state index is -4.43. The van der Waals surface area contributed by atoms with E-state index in [-0.39, 0.29) is 32.6 Å². The number of rotatable bonds is 7. The van der Waals surface area contributed by atoms with Crippen molar-refractivity contribution in [1.29, 1.82) is 0 Å². The highest BCUT2D eigenvalue weighted by molar-refractivity contribution is 7.99. The van der Waals surface area contributed by atoms with Gasteiger partial charge in [-0.2, -0.15) is 26.3 Å². The van der Waals surface area contributed by atoms with Crippen LogP contribution in [-0.2, 0) is 5.88 Å². The molecule has 0 saturated heterocycles. The van der Waals surface area contributed by atoms with Crippen LogP contribution in [0.4, 0.5) is 26.3 Å². The van der Waals surface area contributed by atoms with Gasteiger partial charge in [-0.25, -0.2) is 9.97 Å². The molecule has 1 unspecified atom stereocenters. The van der Waals surface area contributed by atoms with E-state index in [0.717, 1.165) is 0 Å². The predicted octanol–water partition coefficient (Wildman–Crippen LogP) is 5.61. The number of aromatic nitrogens is 2. The van der Waals surface area contributed by atoms with E-state index in [1.54, 1.807) is 0 Å². The molecule has 3 nitrogen and oxygen atoms in total. The van der Waals surface area contributed by atoms with Gasteiger partial charge in [-0.15, -0.1) is 11.6 Å². The van der Waals surface area contributed by atoms with Crippen molar-refractivity contribution < 1.29 is 31.4 Å². The Hall–Kier alpha value is -1.17. The van der Waals surface area contributed by atoms with E-state index in [4.69, 9.17) is 11.6 Å². The fourth-order valence-electron chi connectivity index (χ4n) is 2.20. The van der Waals surface area contributed by atoms with Gasteiger partial charge in [0.15, 0.2) is 0 Å². The maximum absolute atomic E-state index is 12.5. The Bertz CT molecular complexity index is 803. The molecule has 154 valence electrons. The minimum absolute atomic E-state index is 0.00254. The quantitative estimate of drug-likeness (QED) is 0.329. The van der Waals surface area contributed by atoms with Gasteiger partial charge in [0.1, 0.15) is 16.2 Å². The lowest BCUT2D eigenvalue weighted by atomic mass is 10.0. The predicted molar refractivity (Wildman–Crippen MR) is 95.7 cm³/mol. The molecule has 0 aliphatic carbocycles. The molecule has 0 spiro atoms. The highest BCUT2D eigenvalue weighted by Crippen LogP contribution is 2.37. The second-order valence-corrected chi connectivity index (χ2v) is 7.62. The van der Waals surface area contributed by atoms with Gasteiger partial charge < -0.3 is 5.11 Å². The van der Waals surface area contributed by atoms with Gasteiger partial charge in [0.2, 0.25) is 0 Å². The summed E-state index contributed by atoms with van der Waals surface area (Å²) in [7, 11) is 0. The average molecular weight is 463 g/mol. The van der Waals surface area contributed by atoms with Gasteiger partial charge in [0.25, 0.3) is 0 Å². The Balaban J connectivity index is 2.35. The third-order valence-corrected chi connectivity index (χ3v) is 5.77. The van der Waals surface area contributed by atoms with Crippen LogP contribution in [0.1, 0.15) is 22.8 Å². The van der Waals surface area contributed by atoms with Crippen molar-refractivity contribution in [2.24, 2.45) is 0 Å². The van der Waals surface area contributed by atoms with Crippen LogP contribution in [0.5, 0.6) is 0 Å². The first-order valence-corrected chi connectivity index (χ1v) is 10.1. The van der Waals surface area contributed by atoms with E-state index in [0.29, 0.717) is 23.5 Å². The Kier molecular flexibility index (Phi) is 7.89. The first kappa shape index (κ1) is 23.1. The summed E-state index contributed by atoms with van der Waals surface area (Å²) in [6, 6.07) is 4.21. The monoisotopic (exact) mass is 462 g/mol. The lowest BCUT2D eigenvalue weighted by Crippen LogP contribution is -2.13. The highest BCUT2D eigenvalue weighted by Gasteiger charge is 2.30. The number of alkyl halides is 7. The van der Waals surface area contributed by atoms with Gasteiger partial charge in [-0.3, -0.25) is 0 Å². The molecule has 0 bridgehead atoms. The van der Waals surface area contributed by atoms with Crippen molar-refractivity contribution >= 4 is 35.1 Å². The number of nitrogens with zero attached hydrogens (tertiary/aromatic N) is 2. The van der Waals surface area contributed by atoms with Crippen LogP contribution in [0.3, 0.4) is 0 Å². The molecular formula is C16H13ClF6N2OS2. The van der Waals surface area contributed by atoms with Gasteiger partial charge in [0, 0.05) is 23.5 Å². The summed E-state index contributed by atoms with van der Waals surface area (Å²) in [5, 5.41) is 10.7. The van der Waals surface area contributed by atoms with E-state index >= 15 is 0 Å². The molecule has 28 heavy (non-hydrogen) atoms. The summed E-state index contributed by atoms with van der Waals surface area (Å²) in [6.45, 7) is 0. The first-order chi connectivity index (χ1) is 13.0. The average Bonchev–Trinajstić information content (AvgIpc) is 2.62. The summed E-state index contributed by atoms with van der Waals surface area (Å²) in [5.41, 5.74) is 0.444. The van der Waals surface area contributed by atoms with Crippen molar-refractivity contribution in [2.75, 3.05) is 11.5 Å². The van der Waals surface area contributed by atoms with E-state index in [9.17, 15) is 31.4 Å². The lowest BCUT2D eigenvalue weighted by molar-refractivity contribution is -0.106. The van der Waals surface area contributed by atoms with Crippen molar-refractivity contribution in [2.45, 2.75) is 34.4 Å². The fraction of sp³-hybridized carbons (Fsp3) is 0.375. The number of halogens is 7. The molecule has 0 saturated carbocycles. The molecule has 0 aliphatic rings. The second kappa shape index (κ2) is 9.55. The molecule has 1 atom stereocenters. The molecule has 0 radical (unpaired) electrons. The van der Waals surface area contributed by atoms with Crippen LogP contribution in [-0.4, -0.2) is 38.9 Å². The zero-order valence-corrected chi connectivity index (χ0v) is 16.3. The van der Waals surface area contributed by atoms with E-state index in [1.165, 1.54) is 30.6 Å². The third kappa shape index (κ3) is 6.71. The summed E-state index contributed by atoms with van der Waals surface area (Å²) >= 11 is 6.70. The molecular weight excluding hydrogens is 450 g/mol. The van der Waals surface area contributed by atoms with E-state index in [1.807, 2.05) is 0 Å².